The standard InChI is InChI=1S/C19H14BrClN2O5/c1-27-18(25)14-15(13-11(20)8-9-12(21)17(13)24)22-23(16(14)19(26)28-2)10-6-4-3-5-7-10/h3-9,24H,1-2H3. The molecule has 0 amide bonds. The molecule has 1 heterocycles. The molecule has 1 N–H and O–H groups in total. The van der Waals surface area contributed by atoms with Gasteiger partial charge in [-0.2, -0.15) is 5.10 Å². The predicted molar refractivity (Wildman–Crippen MR) is 106 cm³/mol. The van der Waals surface area contributed by atoms with E-state index in [4.69, 9.17) is 21.1 Å². The van der Waals surface area contributed by atoms with Gasteiger partial charge >= 0.3 is 11.9 Å². The van der Waals surface area contributed by atoms with Crippen molar-refractivity contribution in [2.75, 3.05) is 14.2 Å². The topological polar surface area (TPSA) is 90.6 Å². The monoisotopic (exact) mass is 464 g/mol. The molecule has 1 aromatic heterocycles. The van der Waals surface area contributed by atoms with Crippen LogP contribution in [0.3, 0.4) is 0 Å². The molecule has 0 atom stereocenters. The van der Waals surface area contributed by atoms with Crippen LogP contribution >= 0.6 is 27.5 Å². The minimum atomic E-state index is -0.816. The van der Waals surface area contributed by atoms with E-state index in [1.165, 1.54) is 25.0 Å². The summed E-state index contributed by atoms with van der Waals surface area (Å²) in [5.41, 5.74) is 0.381. The van der Waals surface area contributed by atoms with E-state index in [0.29, 0.717) is 10.2 Å². The van der Waals surface area contributed by atoms with Crippen LogP contribution in [0.1, 0.15) is 20.8 Å². The molecule has 0 bridgehead atoms. The summed E-state index contributed by atoms with van der Waals surface area (Å²) >= 11 is 9.37. The van der Waals surface area contributed by atoms with Crippen LogP contribution in [0.4, 0.5) is 0 Å². The third kappa shape index (κ3) is 3.36. The number of phenolic OH excluding ortho intramolecular Hbond substituents is 1. The van der Waals surface area contributed by atoms with Gasteiger partial charge in [-0.1, -0.05) is 29.8 Å². The van der Waals surface area contributed by atoms with Crippen molar-refractivity contribution in [3.8, 4) is 22.7 Å². The van der Waals surface area contributed by atoms with Crippen LogP contribution in [0.15, 0.2) is 46.9 Å². The second kappa shape index (κ2) is 8.04. The van der Waals surface area contributed by atoms with Crippen molar-refractivity contribution < 1.29 is 24.2 Å². The number of aromatic nitrogens is 2. The molecule has 3 rings (SSSR count). The average Bonchev–Trinajstić information content (AvgIpc) is 3.10. The van der Waals surface area contributed by atoms with Gasteiger partial charge in [-0.05, 0) is 40.2 Å². The smallest absolute Gasteiger partial charge is 0.357 e. The Morgan fingerprint density at radius 1 is 1.07 bits per heavy atom. The highest BCUT2D eigenvalue weighted by Gasteiger charge is 2.33. The number of ether oxygens (including phenoxy) is 2. The fourth-order valence-corrected chi connectivity index (χ4v) is 3.36. The van der Waals surface area contributed by atoms with E-state index >= 15 is 0 Å². The Kier molecular flexibility index (Phi) is 5.71. The zero-order chi connectivity index (χ0) is 20.4. The van der Waals surface area contributed by atoms with Gasteiger partial charge in [0.15, 0.2) is 5.69 Å². The average molecular weight is 466 g/mol. The molecular weight excluding hydrogens is 452 g/mol. The van der Waals surface area contributed by atoms with Crippen molar-refractivity contribution >= 4 is 39.5 Å². The van der Waals surface area contributed by atoms with Gasteiger partial charge in [-0.3, -0.25) is 0 Å². The number of para-hydroxylation sites is 1. The number of halogens is 2. The second-order valence-electron chi connectivity index (χ2n) is 5.56. The van der Waals surface area contributed by atoms with Crippen LogP contribution in [-0.2, 0) is 9.47 Å². The first-order valence-corrected chi connectivity index (χ1v) is 9.10. The van der Waals surface area contributed by atoms with Crippen LogP contribution < -0.4 is 0 Å². The Morgan fingerprint density at radius 3 is 2.32 bits per heavy atom. The van der Waals surface area contributed by atoms with E-state index in [9.17, 15) is 14.7 Å². The van der Waals surface area contributed by atoms with E-state index < -0.39 is 11.9 Å². The first-order chi connectivity index (χ1) is 13.4. The lowest BCUT2D eigenvalue weighted by Gasteiger charge is -2.08. The van der Waals surface area contributed by atoms with Crippen molar-refractivity contribution in [2.24, 2.45) is 0 Å². The molecule has 0 fully saturated rings. The molecule has 28 heavy (non-hydrogen) atoms. The lowest BCUT2D eigenvalue weighted by Crippen LogP contribution is -2.15. The molecule has 0 aliphatic carbocycles. The molecular formula is C19H14BrClN2O5. The molecule has 3 aromatic rings. The number of hydrogen-bond donors (Lipinski definition) is 1. The molecule has 9 heteroatoms. The largest absolute Gasteiger partial charge is 0.506 e. The number of nitrogens with zero attached hydrogens (tertiary/aromatic N) is 2. The Morgan fingerprint density at radius 2 is 1.71 bits per heavy atom. The fourth-order valence-electron chi connectivity index (χ4n) is 2.70. The highest BCUT2D eigenvalue weighted by Crippen LogP contribution is 2.42. The Bertz CT molecular complexity index is 1070. The van der Waals surface area contributed by atoms with Gasteiger partial charge in [-0.25, -0.2) is 14.3 Å². The lowest BCUT2D eigenvalue weighted by atomic mass is 10.0. The van der Waals surface area contributed by atoms with Gasteiger partial charge in [0, 0.05) is 4.47 Å². The highest BCUT2D eigenvalue weighted by atomic mass is 79.9. The van der Waals surface area contributed by atoms with Crippen molar-refractivity contribution in [1.82, 2.24) is 9.78 Å². The van der Waals surface area contributed by atoms with Crippen LogP contribution in [0.25, 0.3) is 16.9 Å². The quantitative estimate of drug-likeness (QED) is 0.580. The van der Waals surface area contributed by atoms with Crippen molar-refractivity contribution in [3.05, 3.63) is 63.2 Å². The molecule has 0 aliphatic heterocycles. The molecule has 0 radical (unpaired) electrons. The highest BCUT2D eigenvalue weighted by molar-refractivity contribution is 9.10. The predicted octanol–water partition coefficient (Wildman–Crippen LogP) is 4.23. The van der Waals surface area contributed by atoms with Gasteiger partial charge in [0.25, 0.3) is 0 Å². The van der Waals surface area contributed by atoms with Crippen molar-refractivity contribution in [3.63, 3.8) is 0 Å². The summed E-state index contributed by atoms with van der Waals surface area (Å²) in [6, 6.07) is 11.8. The summed E-state index contributed by atoms with van der Waals surface area (Å²) in [5, 5.41) is 15.0. The number of hydrogen-bond acceptors (Lipinski definition) is 6. The first-order valence-electron chi connectivity index (χ1n) is 7.93. The maximum Gasteiger partial charge on any atom is 0.357 e. The van der Waals surface area contributed by atoms with E-state index in [1.807, 2.05) is 0 Å². The van der Waals surface area contributed by atoms with E-state index in [2.05, 4.69) is 21.0 Å². The van der Waals surface area contributed by atoms with Gasteiger partial charge in [0.1, 0.15) is 17.0 Å². The van der Waals surface area contributed by atoms with E-state index in [1.54, 1.807) is 36.4 Å². The Labute approximate surface area is 173 Å². The molecule has 0 spiro atoms. The molecule has 144 valence electrons. The maximum atomic E-state index is 12.6. The Hall–Kier alpha value is -2.84. The summed E-state index contributed by atoms with van der Waals surface area (Å²) in [6.45, 7) is 0. The number of carbonyl (C=O) groups is 2. The molecule has 2 aromatic carbocycles. The number of phenols is 1. The third-order valence-corrected chi connectivity index (χ3v) is 4.93. The van der Waals surface area contributed by atoms with Gasteiger partial charge in [0.2, 0.25) is 0 Å². The third-order valence-electron chi connectivity index (χ3n) is 3.97. The van der Waals surface area contributed by atoms with Gasteiger partial charge in [0.05, 0.1) is 30.5 Å². The maximum absolute atomic E-state index is 12.6. The Balaban J connectivity index is 2.45. The number of esters is 2. The SMILES string of the molecule is COC(=O)c1c(-c2c(Br)ccc(Cl)c2O)nn(-c2ccccc2)c1C(=O)OC. The summed E-state index contributed by atoms with van der Waals surface area (Å²) in [5.74, 6) is -1.90. The van der Waals surface area contributed by atoms with Gasteiger partial charge < -0.3 is 14.6 Å². The molecule has 0 saturated carbocycles. The molecule has 0 saturated heterocycles. The molecule has 0 aliphatic rings. The van der Waals surface area contributed by atoms with E-state index in [-0.39, 0.29) is 33.3 Å². The zero-order valence-electron chi connectivity index (χ0n) is 14.8. The van der Waals surface area contributed by atoms with Crippen LogP contribution in [0.5, 0.6) is 5.75 Å². The van der Waals surface area contributed by atoms with Crippen molar-refractivity contribution in [2.45, 2.75) is 0 Å². The fraction of sp³-hybridized carbons (Fsp3) is 0.105. The lowest BCUT2D eigenvalue weighted by molar-refractivity contribution is 0.0549. The summed E-state index contributed by atoms with van der Waals surface area (Å²) in [7, 11) is 2.37. The number of carbonyl (C=O) groups excluding carboxylic acids is 2. The minimum absolute atomic E-state index is 0.0166. The van der Waals surface area contributed by atoms with Crippen LogP contribution in [0.2, 0.25) is 5.02 Å². The van der Waals surface area contributed by atoms with E-state index in [0.717, 1.165) is 0 Å². The van der Waals surface area contributed by atoms with Crippen LogP contribution in [0, 0.1) is 0 Å². The molecule has 7 nitrogen and oxygen atoms in total. The number of methoxy groups -OCH3 is 2. The minimum Gasteiger partial charge on any atom is -0.506 e. The van der Waals surface area contributed by atoms with Crippen LogP contribution in [-0.4, -0.2) is 41.0 Å². The van der Waals surface area contributed by atoms with Gasteiger partial charge in [-0.15, -0.1) is 0 Å². The summed E-state index contributed by atoms with van der Waals surface area (Å²) in [6.07, 6.45) is 0. The van der Waals surface area contributed by atoms with Crippen molar-refractivity contribution in [1.29, 1.82) is 0 Å². The number of rotatable bonds is 4. The number of aromatic hydroxyl groups is 1. The zero-order valence-corrected chi connectivity index (χ0v) is 17.1. The summed E-state index contributed by atoms with van der Waals surface area (Å²) in [4.78, 5) is 25.1. The number of benzene rings is 2. The summed E-state index contributed by atoms with van der Waals surface area (Å²) < 4.78 is 11.4. The normalized spacial score (nSPS) is 10.6. The first kappa shape index (κ1) is 19.9. The molecule has 0 unspecified atom stereocenters. The second-order valence-corrected chi connectivity index (χ2v) is 6.82.